The zero-order valence-corrected chi connectivity index (χ0v) is 9.00. The molecule has 1 unspecified atom stereocenters. The van der Waals surface area contributed by atoms with Crippen LogP contribution in [0.15, 0.2) is 11.5 Å². The molecule has 80 valence electrons. The second-order valence-electron chi connectivity index (χ2n) is 4.18. The number of hydrogen-bond donors (Lipinski definition) is 0. The quantitative estimate of drug-likeness (QED) is 0.718. The first-order chi connectivity index (χ1) is 6.66. The minimum absolute atomic E-state index is 0.139. The van der Waals surface area contributed by atoms with Crippen LogP contribution in [0.3, 0.4) is 0 Å². The van der Waals surface area contributed by atoms with Crippen LogP contribution < -0.4 is 0 Å². The minimum atomic E-state index is -2.95. The molecule has 1 heterocycles. The molecule has 3 nitrogen and oxygen atoms in total. The maximum atomic E-state index is 11.1. The van der Waals surface area contributed by atoms with Gasteiger partial charge in [-0.1, -0.05) is 12.8 Å². The molecule has 0 radical (unpaired) electrons. The molecule has 0 spiro atoms. The molecule has 14 heavy (non-hydrogen) atoms. The third-order valence-corrected chi connectivity index (χ3v) is 4.28. The van der Waals surface area contributed by atoms with Gasteiger partial charge in [0.15, 0.2) is 9.84 Å². The highest BCUT2D eigenvalue weighted by atomic mass is 32.2. The van der Waals surface area contributed by atoms with Crippen molar-refractivity contribution in [1.29, 1.82) is 0 Å². The molecule has 2 rings (SSSR count). The summed E-state index contributed by atoms with van der Waals surface area (Å²) in [5.74, 6) is 0.798. The van der Waals surface area contributed by atoms with Crippen LogP contribution in [0.1, 0.15) is 25.7 Å². The van der Waals surface area contributed by atoms with Crippen molar-refractivity contribution in [3.8, 4) is 0 Å². The second-order valence-corrected chi connectivity index (χ2v) is 6.11. The summed E-state index contributed by atoms with van der Waals surface area (Å²) >= 11 is 0. The molecule has 1 saturated carbocycles. The van der Waals surface area contributed by atoms with E-state index in [2.05, 4.69) is 0 Å². The zero-order valence-electron chi connectivity index (χ0n) is 8.19. The Morgan fingerprint density at radius 3 is 2.57 bits per heavy atom. The van der Waals surface area contributed by atoms with Crippen LogP contribution in [0.2, 0.25) is 0 Å². The van der Waals surface area contributed by atoms with Crippen LogP contribution in [-0.2, 0) is 14.6 Å². The van der Waals surface area contributed by atoms with Crippen molar-refractivity contribution in [3.63, 3.8) is 0 Å². The Balaban J connectivity index is 1.75. The van der Waals surface area contributed by atoms with Gasteiger partial charge < -0.3 is 4.74 Å². The molecule has 0 aromatic heterocycles. The third-order valence-electron chi connectivity index (χ3n) is 2.92. The topological polar surface area (TPSA) is 43.4 Å². The first-order valence-electron chi connectivity index (χ1n) is 5.18. The molecule has 1 atom stereocenters. The number of rotatable bonds is 3. The van der Waals surface area contributed by atoms with E-state index >= 15 is 0 Å². The molecule has 0 aromatic rings. The molecule has 1 aliphatic heterocycles. The normalized spacial score (nSPS) is 31.3. The van der Waals surface area contributed by atoms with Gasteiger partial charge >= 0.3 is 0 Å². The Bertz CT molecular complexity index is 312. The van der Waals surface area contributed by atoms with E-state index in [-0.39, 0.29) is 11.9 Å². The molecule has 4 heteroatoms. The van der Waals surface area contributed by atoms with Crippen LogP contribution in [0, 0.1) is 5.92 Å². The Labute approximate surface area is 85.1 Å². The van der Waals surface area contributed by atoms with E-state index < -0.39 is 9.84 Å². The standard InChI is InChI=1S/C10H16O3S/c11-14(12)6-5-10(8-14)13-7-9-3-1-2-4-9/h5-6,9-10H,1-4,7-8H2. The average molecular weight is 216 g/mol. The van der Waals surface area contributed by atoms with E-state index in [1.54, 1.807) is 6.08 Å². The van der Waals surface area contributed by atoms with Crippen molar-refractivity contribution in [2.24, 2.45) is 5.92 Å². The van der Waals surface area contributed by atoms with E-state index in [0.717, 1.165) is 6.61 Å². The monoisotopic (exact) mass is 216 g/mol. The van der Waals surface area contributed by atoms with Crippen LogP contribution >= 0.6 is 0 Å². The Kier molecular flexibility index (Phi) is 2.93. The lowest BCUT2D eigenvalue weighted by Crippen LogP contribution is -2.18. The summed E-state index contributed by atoms with van der Waals surface area (Å²) < 4.78 is 27.7. The highest BCUT2D eigenvalue weighted by molar-refractivity contribution is 7.94. The Morgan fingerprint density at radius 1 is 1.29 bits per heavy atom. The van der Waals surface area contributed by atoms with Crippen LogP contribution in [0.4, 0.5) is 0 Å². The molecule has 0 N–H and O–H groups in total. The minimum Gasteiger partial charge on any atom is -0.373 e. The van der Waals surface area contributed by atoms with Crippen LogP contribution in [0.5, 0.6) is 0 Å². The molecule has 0 saturated heterocycles. The van der Waals surface area contributed by atoms with Gasteiger partial charge in [-0.25, -0.2) is 8.42 Å². The van der Waals surface area contributed by atoms with Gasteiger partial charge in [0.25, 0.3) is 0 Å². The lowest BCUT2D eigenvalue weighted by Gasteiger charge is -2.13. The Morgan fingerprint density at radius 2 is 2.00 bits per heavy atom. The van der Waals surface area contributed by atoms with Gasteiger partial charge in [-0.05, 0) is 24.8 Å². The summed E-state index contributed by atoms with van der Waals surface area (Å²) in [7, 11) is -2.95. The summed E-state index contributed by atoms with van der Waals surface area (Å²) in [6.07, 6.45) is 6.54. The summed E-state index contributed by atoms with van der Waals surface area (Å²) in [5, 5.41) is 1.27. The number of ether oxygens (including phenoxy) is 1. The van der Waals surface area contributed by atoms with Gasteiger partial charge in [0.05, 0.1) is 18.5 Å². The maximum Gasteiger partial charge on any atom is 0.174 e. The number of hydrogen-bond acceptors (Lipinski definition) is 3. The van der Waals surface area contributed by atoms with Crippen molar-refractivity contribution in [2.75, 3.05) is 12.4 Å². The van der Waals surface area contributed by atoms with Gasteiger partial charge in [-0.2, -0.15) is 0 Å². The fraction of sp³-hybridized carbons (Fsp3) is 0.800. The van der Waals surface area contributed by atoms with Gasteiger partial charge in [0.1, 0.15) is 0 Å². The first kappa shape index (κ1) is 10.2. The third kappa shape index (κ3) is 2.58. The maximum absolute atomic E-state index is 11.1. The van der Waals surface area contributed by atoms with Crippen molar-refractivity contribution in [3.05, 3.63) is 11.5 Å². The highest BCUT2D eigenvalue weighted by Gasteiger charge is 2.24. The van der Waals surface area contributed by atoms with E-state index in [1.807, 2.05) is 0 Å². The van der Waals surface area contributed by atoms with Gasteiger partial charge in [-0.3, -0.25) is 0 Å². The lowest BCUT2D eigenvalue weighted by atomic mass is 10.1. The van der Waals surface area contributed by atoms with Crippen LogP contribution in [0.25, 0.3) is 0 Å². The summed E-state index contributed by atoms with van der Waals surface area (Å²) in [4.78, 5) is 0. The van der Waals surface area contributed by atoms with E-state index in [1.165, 1.54) is 31.1 Å². The number of sulfone groups is 1. The van der Waals surface area contributed by atoms with E-state index in [4.69, 9.17) is 4.74 Å². The molecule has 1 aliphatic carbocycles. The predicted molar refractivity (Wildman–Crippen MR) is 54.6 cm³/mol. The van der Waals surface area contributed by atoms with Gasteiger partial charge in [0.2, 0.25) is 0 Å². The largest absolute Gasteiger partial charge is 0.373 e. The van der Waals surface area contributed by atoms with Gasteiger partial charge in [-0.15, -0.1) is 0 Å². The average Bonchev–Trinajstić information content (AvgIpc) is 2.70. The van der Waals surface area contributed by atoms with Crippen molar-refractivity contribution < 1.29 is 13.2 Å². The second kappa shape index (κ2) is 4.03. The fourth-order valence-corrected chi connectivity index (χ4v) is 3.28. The lowest BCUT2D eigenvalue weighted by molar-refractivity contribution is 0.0721. The molecule has 0 bridgehead atoms. The summed E-state index contributed by atoms with van der Waals surface area (Å²) in [6, 6.07) is 0. The van der Waals surface area contributed by atoms with E-state index in [9.17, 15) is 8.42 Å². The Hall–Kier alpha value is -0.350. The molecular formula is C10H16O3S. The highest BCUT2D eigenvalue weighted by Crippen LogP contribution is 2.25. The molecular weight excluding hydrogens is 200 g/mol. The summed E-state index contributed by atoms with van der Waals surface area (Å²) in [5.41, 5.74) is 0. The summed E-state index contributed by atoms with van der Waals surface area (Å²) in [6.45, 7) is 0.727. The van der Waals surface area contributed by atoms with Crippen molar-refractivity contribution in [2.45, 2.75) is 31.8 Å². The SMILES string of the molecule is O=S1(=O)C=CC(OCC2CCCC2)C1. The molecule has 2 aliphatic rings. The predicted octanol–water partition coefficient (Wildman–Crippen LogP) is 1.50. The van der Waals surface area contributed by atoms with Crippen molar-refractivity contribution >= 4 is 9.84 Å². The van der Waals surface area contributed by atoms with Gasteiger partial charge in [0, 0.05) is 5.41 Å². The smallest absolute Gasteiger partial charge is 0.174 e. The first-order valence-corrected chi connectivity index (χ1v) is 6.90. The van der Waals surface area contributed by atoms with Crippen molar-refractivity contribution in [1.82, 2.24) is 0 Å². The zero-order chi connectivity index (χ0) is 10.0. The molecule has 0 amide bonds. The molecule has 0 aromatic carbocycles. The molecule has 1 fully saturated rings. The van der Waals surface area contributed by atoms with Crippen LogP contribution in [-0.4, -0.2) is 26.9 Å². The van der Waals surface area contributed by atoms with E-state index in [0.29, 0.717) is 5.92 Å². The fourth-order valence-electron chi connectivity index (χ4n) is 2.09.